The van der Waals surface area contributed by atoms with Gasteiger partial charge in [-0.25, -0.2) is 4.98 Å². The van der Waals surface area contributed by atoms with Crippen molar-refractivity contribution in [2.24, 2.45) is 0 Å². The van der Waals surface area contributed by atoms with Crippen LogP contribution in [-0.2, 0) is 0 Å². The molecular formula is C12H14ClN3. The zero-order valence-electron chi connectivity index (χ0n) is 8.99. The van der Waals surface area contributed by atoms with Crippen LogP contribution in [0, 0.1) is 0 Å². The second-order valence-electron chi connectivity index (χ2n) is 4.30. The van der Waals surface area contributed by atoms with Crippen molar-refractivity contribution in [3.8, 4) is 0 Å². The molecule has 1 fully saturated rings. The van der Waals surface area contributed by atoms with E-state index in [0.717, 1.165) is 23.8 Å². The van der Waals surface area contributed by atoms with E-state index < -0.39 is 0 Å². The maximum atomic E-state index is 5.96. The number of piperidine rings is 1. The van der Waals surface area contributed by atoms with Crippen molar-refractivity contribution in [2.45, 2.75) is 18.8 Å². The van der Waals surface area contributed by atoms with E-state index in [9.17, 15) is 0 Å². The van der Waals surface area contributed by atoms with Crippen LogP contribution < -0.4 is 5.32 Å². The highest BCUT2D eigenvalue weighted by atomic mass is 35.5. The topological polar surface area (TPSA) is 29.3 Å². The monoisotopic (exact) mass is 235 g/mol. The van der Waals surface area contributed by atoms with Crippen LogP contribution in [0.15, 0.2) is 24.5 Å². The van der Waals surface area contributed by atoms with Crippen molar-refractivity contribution in [1.29, 1.82) is 0 Å². The van der Waals surface area contributed by atoms with E-state index in [1.54, 1.807) is 0 Å². The van der Waals surface area contributed by atoms with Gasteiger partial charge in [-0.1, -0.05) is 11.6 Å². The number of fused-ring (bicyclic) bond motifs is 1. The molecule has 3 nitrogen and oxygen atoms in total. The maximum Gasteiger partial charge on any atom is 0.137 e. The van der Waals surface area contributed by atoms with E-state index in [2.05, 4.69) is 16.5 Å². The Hall–Kier alpha value is -1.06. The van der Waals surface area contributed by atoms with Crippen molar-refractivity contribution >= 4 is 17.2 Å². The Morgan fingerprint density at radius 1 is 1.25 bits per heavy atom. The van der Waals surface area contributed by atoms with Crippen LogP contribution in [0.5, 0.6) is 0 Å². The van der Waals surface area contributed by atoms with Gasteiger partial charge < -0.3 is 9.72 Å². The lowest BCUT2D eigenvalue weighted by molar-refractivity contribution is 0.454. The van der Waals surface area contributed by atoms with Gasteiger partial charge in [-0.15, -0.1) is 0 Å². The van der Waals surface area contributed by atoms with Crippen LogP contribution in [-0.4, -0.2) is 22.5 Å². The van der Waals surface area contributed by atoms with Gasteiger partial charge in [-0.3, -0.25) is 0 Å². The number of rotatable bonds is 1. The molecule has 1 N–H and O–H groups in total. The predicted molar refractivity (Wildman–Crippen MR) is 65.0 cm³/mol. The molecule has 0 radical (unpaired) electrons. The average molecular weight is 236 g/mol. The third-order valence-corrected chi connectivity index (χ3v) is 3.41. The minimum atomic E-state index is 0.597. The molecule has 0 spiro atoms. The Kier molecular flexibility index (Phi) is 2.58. The van der Waals surface area contributed by atoms with Crippen LogP contribution in [0.25, 0.3) is 5.65 Å². The molecule has 84 valence electrons. The Morgan fingerprint density at radius 2 is 2.06 bits per heavy atom. The number of nitrogens with zero attached hydrogens (tertiary/aromatic N) is 2. The molecule has 0 aliphatic carbocycles. The van der Waals surface area contributed by atoms with Crippen molar-refractivity contribution in [1.82, 2.24) is 14.7 Å². The summed E-state index contributed by atoms with van der Waals surface area (Å²) >= 11 is 5.96. The Bertz CT molecular complexity index is 500. The lowest BCUT2D eigenvalue weighted by Gasteiger charge is -2.20. The smallest absolute Gasteiger partial charge is 0.137 e. The van der Waals surface area contributed by atoms with Gasteiger partial charge in [0.25, 0.3) is 0 Å². The molecule has 1 aliphatic heterocycles. The Labute approximate surface area is 99.4 Å². The first-order valence-corrected chi connectivity index (χ1v) is 6.05. The number of aromatic nitrogens is 2. The standard InChI is InChI=1S/C12H14ClN3/c13-10-1-2-12-15-11(8-16(12)7-10)9-3-5-14-6-4-9/h1-2,7-9,14H,3-6H2. The fraction of sp³-hybridized carbons (Fsp3) is 0.417. The first kappa shape index (κ1) is 10.1. The first-order chi connectivity index (χ1) is 7.83. The molecule has 0 amide bonds. The second-order valence-corrected chi connectivity index (χ2v) is 4.74. The van der Waals surface area contributed by atoms with E-state index in [1.165, 1.54) is 18.5 Å². The Morgan fingerprint density at radius 3 is 2.88 bits per heavy atom. The lowest BCUT2D eigenvalue weighted by atomic mass is 9.95. The number of nitrogens with one attached hydrogen (secondary N) is 1. The highest BCUT2D eigenvalue weighted by molar-refractivity contribution is 6.30. The molecule has 0 bridgehead atoms. The van der Waals surface area contributed by atoms with Gasteiger partial charge in [0, 0.05) is 18.3 Å². The van der Waals surface area contributed by atoms with Crippen LogP contribution in [0.4, 0.5) is 0 Å². The van der Waals surface area contributed by atoms with Crippen LogP contribution in [0.2, 0.25) is 5.02 Å². The summed E-state index contributed by atoms with van der Waals surface area (Å²) in [6.45, 7) is 2.19. The fourth-order valence-electron chi connectivity index (χ4n) is 2.30. The molecule has 1 aliphatic rings. The SMILES string of the molecule is Clc1ccc2nc(C3CCNCC3)cn2c1. The molecule has 0 unspecified atom stereocenters. The summed E-state index contributed by atoms with van der Waals surface area (Å²) in [5, 5.41) is 4.12. The van der Waals surface area contributed by atoms with E-state index in [0.29, 0.717) is 5.92 Å². The fourth-order valence-corrected chi connectivity index (χ4v) is 2.47. The number of pyridine rings is 1. The van der Waals surface area contributed by atoms with Crippen LogP contribution in [0.3, 0.4) is 0 Å². The first-order valence-electron chi connectivity index (χ1n) is 5.68. The summed E-state index contributed by atoms with van der Waals surface area (Å²) < 4.78 is 2.01. The van der Waals surface area contributed by atoms with Gasteiger partial charge in [0.15, 0.2) is 0 Å². The summed E-state index contributed by atoms with van der Waals surface area (Å²) in [5.41, 5.74) is 2.18. The van der Waals surface area contributed by atoms with Gasteiger partial charge in [0.1, 0.15) is 5.65 Å². The molecule has 1 saturated heterocycles. The van der Waals surface area contributed by atoms with Gasteiger partial charge in [0.2, 0.25) is 0 Å². The summed E-state index contributed by atoms with van der Waals surface area (Å²) in [7, 11) is 0. The highest BCUT2D eigenvalue weighted by Gasteiger charge is 2.17. The van der Waals surface area contributed by atoms with Crippen molar-refractivity contribution < 1.29 is 0 Å². The minimum absolute atomic E-state index is 0.597. The molecule has 0 atom stereocenters. The number of imidazole rings is 1. The molecule has 3 heterocycles. The van der Waals surface area contributed by atoms with E-state index in [4.69, 9.17) is 11.6 Å². The quantitative estimate of drug-likeness (QED) is 0.823. The largest absolute Gasteiger partial charge is 0.317 e. The van der Waals surface area contributed by atoms with Gasteiger partial charge in [-0.05, 0) is 38.1 Å². The molecule has 3 rings (SSSR count). The third-order valence-electron chi connectivity index (χ3n) is 3.19. The normalized spacial score (nSPS) is 18.1. The average Bonchev–Trinajstić information content (AvgIpc) is 2.73. The summed E-state index contributed by atoms with van der Waals surface area (Å²) in [6, 6.07) is 3.85. The summed E-state index contributed by atoms with van der Waals surface area (Å²) in [6.07, 6.45) is 6.38. The Balaban J connectivity index is 1.97. The molecule has 2 aromatic rings. The number of hydrogen-bond donors (Lipinski definition) is 1. The lowest BCUT2D eigenvalue weighted by Crippen LogP contribution is -2.26. The highest BCUT2D eigenvalue weighted by Crippen LogP contribution is 2.25. The third kappa shape index (κ3) is 1.81. The van der Waals surface area contributed by atoms with Gasteiger partial charge in [-0.2, -0.15) is 0 Å². The predicted octanol–water partition coefficient (Wildman–Crippen LogP) is 2.45. The minimum Gasteiger partial charge on any atom is -0.317 e. The molecular weight excluding hydrogens is 222 g/mol. The van der Waals surface area contributed by atoms with Crippen LogP contribution >= 0.6 is 11.6 Å². The molecule has 0 saturated carbocycles. The maximum absolute atomic E-state index is 5.96. The zero-order valence-corrected chi connectivity index (χ0v) is 9.74. The van der Waals surface area contributed by atoms with E-state index in [-0.39, 0.29) is 0 Å². The van der Waals surface area contributed by atoms with E-state index >= 15 is 0 Å². The molecule has 4 heteroatoms. The number of hydrogen-bond acceptors (Lipinski definition) is 2. The second kappa shape index (κ2) is 4.07. The summed E-state index contributed by atoms with van der Waals surface area (Å²) in [4.78, 5) is 4.65. The van der Waals surface area contributed by atoms with E-state index in [1.807, 2.05) is 22.7 Å². The van der Waals surface area contributed by atoms with Crippen molar-refractivity contribution in [3.05, 3.63) is 35.2 Å². The van der Waals surface area contributed by atoms with Crippen molar-refractivity contribution in [2.75, 3.05) is 13.1 Å². The van der Waals surface area contributed by atoms with Gasteiger partial charge in [0.05, 0.1) is 10.7 Å². The molecule has 0 aromatic carbocycles. The summed E-state index contributed by atoms with van der Waals surface area (Å²) in [5.74, 6) is 0.597. The van der Waals surface area contributed by atoms with Gasteiger partial charge >= 0.3 is 0 Å². The van der Waals surface area contributed by atoms with Crippen LogP contribution in [0.1, 0.15) is 24.5 Å². The van der Waals surface area contributed by atoms with Crippen molar-refractivity contribution in [3.63, 3.8) is 0 Å². The number of halogens is 1. The zero-order chi connectivity index (χ0) is 11.0. The molecule has 16 heavy (non-hydrogen) atoms. The molecule has 2 aromatic heterocycles.